The van der Waals surface area contributed by atoms with E-state index < -0.39 is 0 Å². The summed E-state index contributed by atoms with van der Waals surface area (Å²) >= 11 is 10.0. The molecule has 1 fully saturated rings. The van der Waals surface area contributed by atoms with Crippen molar-refractivity contribution >= 4 is 33.3 Å². The van der Waals surface area contributed by atoms with Crippen molar-refractivity contribution in [2.24, 2.45) is 0 Å². The Morgan fingerprint density at radius 1 is 1.50 bits per heavy atom. The minimum absolute atomic E-state index is 0.0693. The number of nitrogens with one attached hydrogen (secondary N) is 1. The summed E-state index contributed by atoms with van der Waals surface area (Å²) in [6, 6.07) is 0.389. The van der Waals surface area contributed by atoms with Gasteiger partial charge in [0.2, 0.25) is 0 Å². The number of pyridine rings is 1. The molecular weight excluding hydrogens is 342 g/mol. The predicted octanol–water partition coefficient (Wildman–Crippen LogP) is 3.18. The molecule has 20 heavy (non-hydrogen) atoms. The van der Waals surface area contributed by atoms with Crippen LogP contribution in [0.25, 0.3) is 0 Å². The van der Waals surface area contributed by atoms with Gasteiger partial charge in [-0.05, 0) is 35.2 Å². The molecule has 2 aromatic rings. The molecule has 0 saturated heterocycles. The van der Waals surface area contributed by atoms with Crippen molar-refractivity contribution in [2.75, 3.05) is 11.9 Å². The minimum atomic E-state index is 0.0693. The van der Waals surface area contributed by atoms with Crippen molar-refractivity contribution in [3.8, 4) is 0 Å². The molecular formula is C13H13BrClN5. The van der Waals surface area contributed by atoms with Crippen LogP contribution in [0, 0.1) is 0 Å². The fourth-order valence-corrected chi connectivity index (χ4v) is 4.18. The molecule has 104 valence electrons. The normalized spacial score (nSPS) is 27.8. The summed E-state index contributed by atoms with van der Waals surface area (Å²) in [6.07, 6.45) is 8.36. The van der Waals surface area contributed by atoms with Gasteiger partial charge in [-0.25, -0.2) is 14.6 Å². The lowest BCUT2D eigenvalue weighted by atomic mass is 9.81. The van der Waals surface area contributed by atoms with Crippen LogP contribution < -0.4 is 5.32 Å². The quantitative estimate of drug-likeness (QED) is 0.854. The van der Waals surface area contributed by atoms with Gasteiger partial charge in [-0.15, -0.1) is 0 Å². The molecule has 1 aliphatic heterocycles. The van der Waals surface area contributed by atoms with E-state index in [-0.39, 0.29) is 5.41 Å². The molecule has 1 saturated carbocycles. The predicted molar refractivity (Wildman–Crippen MR) is 80.0 cm³/mol. The summed E-state index contributed by atoms with van der Waals surface area (Å²) in [4.78, 5) is 8.50. The maximum atomic E-state index is 6.52. The second kappa shape index (κ2) is 4.43. The van der Waals surface area contributed by atoms with Gasteiger partial charge in [0.15, 0.2) is 0 Å². The van der Waals surface area contributed by atoms with Crippen LogP contribution in [0.15, 0.2) is 23.3 Å². The summed E-state index contributed by atoms with van der Waals surface area (Å²) < 4.78 is 2.83. The van der Waals surface area contributed by atoms with E-state index in [0.717, 1.165) is 46.7 Å². The molecule has 4 rings (SSSR count). The standard InChI is InChI=1S/C13H13BrClN5/c14-9-4-17-12-10(11(9)15)13(5-18-12)2-1-8(3-13)20-7-16-6-19-20/h4,6-8H,1-3,5H2,(H,17,18)/t8-,13-/m0/s1. The van der Waals surface area contributed by atoms with Gasteiger partial charge in [0.05, 0.1) is 15.5 Å². The third kappa shape index (κ3) is 1.71. The van der Waals surface area contributed by atoms with E-state index in [1.165, 1.54) is 0 Å². The number of hydrogen-bond acceptors (Lipinski definition) is 4. The van der Waals surface area contributed by atoms with Crippen molar-refractivity contribution in [1.29, 1.82) is 0 Å². The lowest BCUT2D eigenvalue weighted by Gasteiger charge is -2.24. The molecule has 0 amide bonds. The Morgan fingerprint density at radius 2 is 2.40 bits per heavy atom. The summed E-state index contributed by atoms with van der Waals surface area (Å²) in [5.41, 5.74) is 1.23. The number of halogens is 2. The first-order valence-corrected chi connectivity index (χ1v) is 7.79. The summed E-state index contributed by atoms with van der Waals surface area (Å²) in [5.74, 6) is 0.928. The Balaban J connectivity index is 1.74. The molecule has 5 nitrogen and oxygen atoms in total. The van der Waals surface area contributed by atoms with Crippen LogP contribution in [-0.2, 0) is 5.41 Å². The van der Waals surface area contributed by atoms with E-state index in [0.29, 0.717) is 6.04 Å². The first-order valence-electron chi connectivity index (χ1n) is 6.62. The SMILES string of the molecule is Clc1c(Br)cnc2c1[C@]1(CC[C@H](n3cncn3)C1)CN2. The van der Waals surface area contributed by atoms with E-state index in [2.05, 4.69) is 36.3 Å². The third-order valence-corrected chi connectivity index (χ3v) is 5.71. The van der Waals surface area contributed by atoms with Crippen LogP contribution >= 0.6 is 27.5 Å². The van der Waals surface area contributed by atoms with Crippen LogP contribution in [0.1, 0.15) is 30.9 Å². The largest absolute Gasteiger partial charge is 0.369 e. The Labute approximate surface area is 129 Å². The van der Waals surface area contributed by atoms with Crippen molar-refractivity contribution in [3.05, 3.63) is 33.9 Å². The zero-order chi connectivity index (χ0) is 13.7. The highest BCUT2D eigenvalue weighted by atomic mass is 79.9. The average Bonchev–Trinajstić information content (AvgIpc) is 3.15. The molecule has 2 aliphatic rings. The number of nitrogens with zero attached hydrogens (tertiary/aromatic N) is 4. The zero-order valence-corrected chi connectivity index (χ0v) is 13.0. The number of hydrogen-bond donors (Lipinski definition) is 1. The van der Waals surface area contributed by atoms with E-state index in [1.54, 1.807) is 18.9 Å². The van der Waals surface area contributed by atoms with Crippen LogP contribution in [-0.4, -0.2) is 26.3 Å². The molecule has 0 unspecified atom stereocenters. The maximum Gasteiger partial charge on any atom is 0.137 e. The highest BCUT2D eigenvalue weighted by Crippen LogP contribution is 2.53. The molecule has 3 heterocycles. The topological polar surface area (TPSA) is 55.6 Å². The summed E-state index contributed by atoms with van der Waals surface area (Å²) in [5, 5.41) is 8.47. The van der Waals surface area contributed by atoms with E-state index >= 15 is 0 Å². The number of rotatable bonds is 1. The summed E-state index contributed by atoms with van der Waals surface area (Å²) in [7, 11) is 0. The van der Waals surface area contributed by atoms with E-state index in [1.807, 2.05) is 4.68 Å². The molecule has 2 aromatic heterocycles. The van der Waals surface area contributed by atoms with Gasteiger partial charge in [-0.2, -0.15) is 5.10 Å². The highest BCUT2D eigenvalue weighted by molar-refractivity contribution is 9.10. The fourth-order valence-electron chi connectivity index (χ4n) is 3.54. The number of aromatic nitrogens is 4. The van der Waals surface area contributed by atoms with E-state index in [4.69, 9.17) is 11.6 Å². The lowest BCUT2D eigenvalue weighted by Crippen LogP contribution is -2.25. The maximum absolute atomic E-state index is 6.52. The van der Waals surface area contributed by atoms with Crippen LogP contribution in [0.5, 0.6) is 0 Å². The average molecular weight is 355 g/mol. The molecule has 0 radical (unpaired) electrons. The van der Waals surface area contributed by atoms with Crippen LogP contribution in [0.4, 0.5) is 5.82 Å². The van der Waals surface area contributed by atoms with Gasteiger partial charge < -0.3 is 5.32 Å². The molecule has 7 heteroatoms. The highest BCUT2D eigenvalue weighted by Gasteiger charge is 2.48. The van der Waals surface area contributed by atoms with Gasteiger partial charge in [-0.1, -0.05) is 11.6 Å². The van der Waals surface area contributed by atoms with Crippen molar-refractivity contribution < 1.29 is 0 Å². The van der Waals surface area contributed by atoms with Gasteiger partial charge >= 0.3 is 0 Å². The number of fused-ring (bicyclic) bond motifs is 2. The van der Waals surface area contributed by atoms with Gasteiger partial charge in [0, 0.05) is 23.7 Å². The summed E-state index contributed by atoms with van der Waals surface area (Å²) in [6.45, 7) is 0.900. The molecule has 1 aliphatic carbocycles. The minimum Gasteiger partial charge on any atom is -0.369 e. The Morgan fingerprint density at radius 3 is 3.20 bits per heavy atom. The zero-order valence-electron chi connectivity index (χ0n) is 10.7. The van der Waals surface area contributed by atoms with Crippen molar-refractivity contribution in [1.82, 2.24) is 19.7 Å². The number of anilines is 1. The first-order chi connectivity index (χ1) is 9.70. The fraction of sp³-hybridized carbons (Fsp3) is 0.462. The smallest absolute Gasteiger partial charge is 0.137 e. The van der Waals surface area contributed by atoms with Gasteiger partial charge in [0.25, 0.3) is 0 Å². The Kier molecular flexibility index (Phi) is 2.79. The second-order valence-electron chi connectivity index (χ2n) is 5.55. The van der Waals surface area contributed by atoms with E-state index in [9.17, 15) is 0 Å². The monoisotopic (exact) mass is 353 g/mol. The second-order valence-corrected chi connectivity index (χ2v) is 6.78. The Hall–Kier alpha value is -1.14. The molecule has 2 atom stereocenters. The molecule has 0 bridgehead atoms. The first kappa shape index (κ1) is 12.6. The van der Waals surface area contributed by atoms with Crippen LogP contribution in [0.2, 0.25) is 5.02 Å². The Bertz CT molecular complexity index is 659. The molecule has 1 spiro atoms. The molecule has 1 N–H and O–H groups in total. The van der Waals surface area contributed by atoms with Crippen LogP contribution in [0.3, 0.4) is 0 Å². The van der Waals surface area contributed by atoms with Gasteiger partial charge in [0.1, 0.15) is 18.5 Å². The lowest BCUT2D eigenvalue weighted by molar-refractivity contribution is 0.418. The van der Waals surface area contributed by atoms with Gasteiger partial charge in [-0.3, -0.25) is 0 Å². The van der Waals surface area contributed by atoms with Crippen molar-refractivity contribution in [3.63, 3.8) is 0 Å². The van der Waals surface area contributed by atoms with Crippen molar-refractivity contribution in [2.45, 2.75) is 30.7 Å². The third-order valence-electron chi connectivity index (χ3n) is 4.49. The molecule has 0 aromatic carbocycles.